The van der Waals surface area contributed by atoms with Crippen LogP contribution in [0.4, 0.5) is 8.78 Å². The van der Waals surface area contributed by atoms with Crippen LogP contribution >= 0.6 is 11.8 Å². The zero-order valence-corrected chi connectivity index (χ0v) is 16.8. The van der Waals surface area contributed by atoms with Crippen molar-refractivity contribution in [1.29, 1.82) is 0 Å². The van der Waals surface area contributed by atoms with E-state index in [1.54, 1.807) is 42.6 Å². The molecule has 4 rings (SSSR count). The first-order valence-corrected chi connectivity index (χ1v) is 10.1. The lowest BCUT2D eigenvalue weighted by Crippen LogP contribution is -2.22. The maximum absolute atomic E-state index is 13.2. The number of aryl methyl sites for hydroxylation is 1. The number of fused-ring (bicyclic) bond motifs is 1. The van der Waals surface area contributed by atoms with Gasteiger partial charge in [0.15, 0.2) is 5.16 Å². The average Bonchev–Trinajstić information content (AvgIpc) is 2.74. The van der Waals surface area contributed by atoms with Crippen LogP contribution in [0.3, 0.4) is 0 Å². The molecule has 8 heteroatoms. The van der Waals surface area contributed by atoms with Gasteiger partial charge in [0.1, 0.15) is 11.6 Å². The first kappa shape index (κ1) is 20.0. The van der Waals surface area contributed by atoms with Gasteiger partial charge in [0.25, 0.3) is 5.56 Å². The lowest BCUT2D eigenvalue weighted by molar-refractivity contribution is -0.0498. The Bertz CT molecular complexity index is 1230. The molecule has 2 aromatic carbocycles. The van der Waals surface area contributed by atoms with Gasteiger partial charge in [-0.1, -0.05) is 42.1 Å². The van der Waals surface area contributed by atoms with Gasteiger partial charge in [-0.15, -0.1) is 0 Å². The second-order valence-corrected chi connectivity index (χ2v) is 7.50. The standard InChI is InChI=1S/C22H17F2N3O2S/c1-14-6-11-19(25-12-14)27-20(28)17-4-2-3-5-18(17)26-22(27)30-13-15-7-9-16(10-8-15)29-21(23)24/h2-12,21H,13H2,1H3. The first-order valence-electron chi connectivity index (χ1n) is 9.12. The van der Waals surface area contributed by atoms with Crippen LogP contribution in [0, 0.1) is 6.92 Å². The van der Waals surface area contributed by atoms with Gasteiger partial charge in [0, 0.05) is 11.9 Å². The maximum Gasteiger partial charge on any atom is 0.387 e. The van der Waals surface area contributed by atoms with E-state index in [2.05, 4.69) is 14.7 Å². The van der Waals surface area contributed by atoms with Gasteiger partial charge in [0.05, 0.1) is 10.9 Å². The Balaban J connectivity index is 1.69. The van der Waals surface area contributed by atoms with Crippen molar-refractivity contribution in [2.45, 2.75) is 24.4 Å². The summed E-state index contributed by atoms with van der Waals surface area (Å²) in [5.74, 6) is 1.08. The fourth-order valence-electron chi connectivity index (χ4n) is 2.92. The molecule has 152 valence electrons. The summed E-state index contributed by atoms with van der Waals surface area (Å²) >= 11 is 1.37. The third kappa shape index (κ3) is 4.33. The highest BCUT2D eigenvalue weighted by Gasteiger charge is 2.14. The molecule has 0 amide bonds. The van der Waals surface area contributed by atoms with Crippen LogP contribution < -0.4 is 10.3 Å². The molecule has 5 nitrogen and oxygen atoms in total. The van der Waals surface area contributed by atoms with E-state index in [0.29, 0.717) is 27.6 Å². The number of ether oxygens (including phenoxy) is 1. The van der Waals surface area contributed by atoms with Crippen molar-refractivity contribution in [2.24, 2.45) is 0 Å². The number of alkyl halides is 2. The number of hydrogen-bond acceptors (Lipinski definition) is 5. The summed E-state index contributed by atoms with van der Waals surface area (Å²) in [7, 11) is 0. The quantitative estimate of drug-likeness (QED) is 0.322. The third-order valence-corrected chi connectivity index (χ3v) is 5.40. The Morgan fingerprint density at radius 3 is 2.53 bits per heavy atom. The van der Waals surface area contributed by atoms with Crippen molar-refractivity contribution in [1.82, 2.24) is 14.5 Å². The molecule has 0 bridgehead atoms. The first-order chi connectivity index (χ1) is 14.5. The molecule has 0 unspecified atom stereocenters. The van der Waals surface area contributed by atoms with E-state index in [-0.39, 0.29) is 11.3 Å². The fraction of sp³-hybridized carbons (Fsp3) is 0.136. The van der Waals surface area contributed by atoms with Crippen molar-refractivity contribution in [2.75, 3.05) is 0 Å². The number of para-hydroxylation sites is 1. The molecule has 2 heterocycles. The van der Waals surface area contributed by atoms with Gasteiger partial charge in [-0.3, -0.25) is 4.79 Å². The smallest absolute Gasteiger partial charge is 0.387 e. The molecule has 4 aromatic rings. The Morgan fingerprint density at radius 2 is 1.83 bits per heavy atom. The molecule has 0 aliphatic heterocycles. The van der Waals surface area contributed by atoms with E-state index in [1.807, 2.05) is 19.1 Å². The second kappa shape index (κ2) is 8.62. The van der Waals surface area contributed by atoms with E-state index < -0.39 is 6.61 Å². The largest absolute Gasteiger partial charge is 0.435 e. The SMILES string of the molecule is Cc1ccc(-n2c(SCc3ccc(OC(F)F)cc3)nc3ccccc3c2=O)nc1. The molecule has 0 N–H and O–H groups in total. The number of hydrogen-bond donors (Lipinski definition) is 0. The molecule has 2 aromatic heterocycles. The number of rotatable bonds is 6. The molecule has 0 aliphatic carbocycles. The predicted octanol–water partition coefficient (Wildman–Crippen LogP) is 4.98. The Morgan fingerprint density at radius 1 is 1.07 bits per heavy atom. The van der Waals surface area contributed by atoms with Crippen LogP contribution in [0.5, 0.6) is 5.75 Å². The molecule has 0 aliphatic rings. The Labute approximate surface area is 175 Å². The summed E-state index contributed by atoms with van der Waals surface area (Å²) in [6.45, 7) is -0.932. The van der Waals surface area contributed by atoms with Gasteiger partial charge in [0.2, 0.25) is 0 Å². The van der Waals surface area contributed by atoms with Crippen molar-refractivity contribution in [3.63, 3.8) is 0 Å². The Hall–Kier alpha value is -3.26. The third-order valence-electron chi connectivity index (χ3n) is 4.39. The van der Waals surface area contributed by atoms with Crippen molar-refractivity contribution < 1.29 is 13.5 Å². The lowest BCUT2D eigenvalue weighted by Gasteiger charge is -2.13. The average molecular weight is 425 g/mol. The molecule has 0 fully saturated rings. The number of thioether (sulfide) groups is 1. The summed E-state index contributed by atoms with van der Waals surface area (Å²) in [6.07, 6.45) is 1.70. The Kier molecular flexibility index (Phi) is 5.76. The molecular formula is C22H17F2N3O2S. The summed E-state index contributed by atoms with van der Waals surface area (Å²) in [5, 5.41) is 1.01. The highest BCUT2D eigenvalue weighted by molar-refractivity contribution is 7.98. The highest BCUT2D eigenvalue weighted by atomic mass is 32.2. The molecule has 0 spiro atoms. The van der Waals surface area contributed by atoms with Gasteiger partial charge in [-0.05, 0) is 48.4 Å². The van der Waals surface area contributed by atoms with Crippen LogP contribution in [-0.2, 0) is 5.75 Å². The van der Waals surface area contributed by atoms with Gasteiger partial charge in [-0.25, -0.2) is 14.5 Å². The van der Waals surface area contributed by atoms with Crippen LogP contribution in [0.25, 0.3) is 16.7 Å². The van der Waals surface area contributed by atoms with Gasteiger partial charge in [-0.2, -0.15) is 8.78 Å². The minimum absolute atomic E-state index is 0.100. The van der Waals surface area contributed by atoms with Crippen LogP contribution in [0.15, 0.2) is 76.8 Å². The molecule has 0 atom stereocenters. The summed E-state index contributed by atoms with van der Waals surface area (Å²) in [6, 6.07) is 17.2. The fourth-order valence-corrected chi connectivity index (χ4v) is 3.88. The van der Waals surface area contributed by atoms with Crippen LogP contribution in [-0.4, -0.2) is 21.1 Å². The highest BCUT2D eigenvalue weighted by Crippen LogP contribution is 2.25. The van der Waals surface area contributed by atoms with E-state index in [1.165, 1.54) is 28.5 Å². The molecular weight excluding hydrogens is 408 g/mol. The molecule has 30 heavy (non-hydrogen) atoms. The number of nitrogens with zero attached hydrogens (tertiary/aromatic N) is 3. The van der Waals surface area contributed by atoms with E-state index in [0.717, 1.165) is 11.1 Å². The number of halogens is 2. The topological polar surface area (TPSA) is 57.0 Å². The maximum atomic E-state index is 13.2. The minimum atomic E-state index is -2.86. The van der Waals surface area contributed by atoms with Crippen molar-refractivity contribution in [3.05, 3.63) is 88.3 Å². The summed E-state index contributed by atoms with van der Waals surface area (Å²) in [4.78, 5) is 22.2. The predicted molar refractivity (Wildman–Crippen MR) is 113 cm³/mol. The van der Waals surface area contributed by atoms with Crippen LogP contribution in [0.1, 0.15) is 11.1 Å². The summed E-state index contributed by atoms with van der Waals surface area (Å²) in [5.41, 5.74) is 2.28. The molecule has 0 radical (unpaired) electrons. The van der Waals surface area contributed by atoms with E-state index in [4.69, 9.17) is 0 Å². The molecule has 0 saturated carbocycles. The zero-order chi connectivity index (χ0) is 21.1. The number of benzene rings is 2. The van der Waals surface area contributed by atoms with Crippen LogP contribution in [0.2, 0.25) is 0 Å². The number of aromatic nitrogens is 3. The summed E-state index contributed by atoms with van der Waals surface area (Å²) < 4.78 is 30.5. The molecule has 0 saturated heterocycles. The van der Waals surface area contributed by atoms with Gasteiger partial charge < -0.3 is 4.74 Å². The zero-order valence-electron chi connectivity index (χ0n) is 16.0. The van der Waals surface area contributed by atoms with Crippen molar-refractivity contribution in [3.8, 4) is 11.6 Å². The van der Waals surface area contributed by atoms with Crippen molar-refractivity contribution >= 4 is 22.7 Å². The monoisotopic (exact) mass is 425 g/mol. The second-order valence-electron chi connectivity index (χ2n) is 6.56. The normalized spacial score (nSPS) is 11.2. The van der Waals surface area contributed by atoms with E-state index >= 15 is 0 Å². The van der Waals surface area contributed by atoms with Gasteiger partial charge >= 0.3 is 6.61 Å². The van der Waals surface area contributed by atoms with E-state index in [9.17, 15) is 13.6 Å². The number of pyridine rings is 1. The lowest BCUT2D eigenvalue weighted by atomic mass is 10.2. The minimum Gasteiger partial charge on any atom is -0.435 e.